The summed E-state index contributed by atoms with van der Waals surface area (Å²) in [6.45, 7) is 0. The molecule has 1 amide bonds. The van der Waals surface area contributed by atoms with Gasteiger partial charge in [-0.05, 0) is 42.7 Å². The molecule has 38 heavy (non-hydrogen) atoms. The minimum absolute atomic E-state index is 0.0316. The fourth-order valence-electron chi connectivity index (χ4n) is 4.92. The van der Waals surface area contributed by atoms with Crippen molar-refractivity contribution in [2.24, 2.45) is 19.8 Å². The van der Waals surface area contributed by atoms with Gasteiger partial charge in [0.1, 0.15) is 11.6 Å². The summed E-state index contributed by atoms with van der Waals surface area (Å²) in [4.78, 5) is 31.6. The van der Waals surface area contributed by atoms with E-state index in [2.05, 4.69) is 44.1 Å². The zero-order valence-corrected chi connectivity index (χ0v) is 21.6. The molecule has 0 saturated heterocycles. The predicted molar refractivity (Wildman–Crippen MR) is 146 cm³/mol. The van der Waals surface area contributed by atoms with E-state index in [0.717, 1.165) is 45.9 Å². The average molecular weight is 515 g/mol. The second kappa shape index (κ2) is 10.4. The van der Waals surface area contributed by atoms with Crippen molar-refractivity contribution in [3.8, 4) is 11.1 Å². The lowest BCUT2D eigenvalue weighted by Gasteiger charge is -2.12. The van der Waals surface area contributed by atoms with Crippen molar-refractivity contribution in [1.82, 2.24) is 28.9 Å². The van der Waals surface area contributed by atoms with Gasteiger partial charge in [0.25, 0.3) is 0 Å². The summed E-state index contributed by atoms with van der Waals surface area (Å²) in [5, 5.41) is 8.64. The van der Waals surface area contributed by atoms with Crippen LogP contribution >= 0.6 is 0 Å². The van der Waals surface area contributed by atoms with Gasteiger partial charge in [-0.1, -0.05) is 18.9 Å². The lowest BCUT2D eigenvalue weighted by Crippen LogP contribution is -2.24. The molecular weight excluding hydrogens is 484 g/mol. The van der Waals surface area contributed by atoms with Gasteiger partial charge in [-0.2, -0.15) is 5.10 Å². The van der Waals surface area contributed by atoms with Crippen molar-refractivity contribution in [2.45, 2.75) is 31.7 Å². The van der Waals surface area contributed by atoms with E-state index in [1.165, 1.54) is 20.0 Å². The molecule has 1 fully saturated rings. The number of rotatable bonds is 4. The number of anilines is 2. The SMILES string of the molecule is COC(N)=O.Cn1cc(-c2ccc3nc(Nc4cc5c(cn4)n(C)c(=O)n5C4CCCC4)ccc3c2)cn1. The summed E-state index contributed by atoms with van der Waals surface area (Å²) in [5.41, 5.74) is 9.33. The highest BCUT2D eigenvalue weighted by molar-refractivity contribution is 5.86. The molecule has 6 rings (SSSR count). The van der Waals surface area contributed by atoms with E-state index < -0.39 is 6.09 Å². The third-order valence-electron chi connectivity index (χ3n) is 6.85. The van der Waals surface area contributed by atoms with Crippen molar-refractivity contribution in [1.29, 1.82) is 0 Å². The number of amides is 1. The molecule has 0 radical (unpaired) electrons. The van der Waals surface area contributed by atoms with E-state index in [1.807, 2.05) is 49.3 Å². The maximum absolute atomic E-state index is 12.9. The molecule has 0 aliphatic heterocycles. The average Bonchev–Trinajstić information content (AvgIpc) is 3.65. The Morgan fingerprint density at radius 1 is 1.03 bits per heavy atom. The number of primary amides is 1. The highest BCUT2D eigenvalue weighted by atomic mass is 16.5. The number of carbonyl (C=O) groups is 1. The minimum Gasteiger partial charge on any atom is -0.453 e. The molecule has 4 aromatic heterocycles. The Kier molecular flexibility index (Phi) is 6.82. The lowest BCUT2D eigenvalue weighted by atomic mass is 10.1. The van der Waals surface area contributed by atoms with E-state index in [0.29, 0.717) is 11.6 Å². The zero-order valence-electron chi connectivity index (χ0n) is 21.6. The Morgan fingerprint density at radius 3 is 2.47 bits per heavy atom. The zero-order chi connectivity index (χ0) is 26.8. The summed E-state index contributed by atoms with van der Waals surface area (Å²) in [5.74, 6) is 1.40. The summed E-state index contributed by atoms with van der Waals surface area (Å²) in [7, 11) is 4.95. The number of nitrogens with zero attached hydrogens (tertiary/aromatic N) is 6. The number of hydrogen-bond acceptors (Lipinski definition) is 7. The first kappa shape index (κ1) is 25.0. The second-order valence-corrected chi connectivity index (χ2v) is 9.36. The van der Waals surface area contributed by atoms with Gasteiger partial charge in [-0.3, -0.25) is 13.8 Å². The fourth-order valence-corrected chi connectivity index (χ4v) is 4.92. The van der Waals surface area contributed by atoms with E-state index >= 15 is 0 Å². The van der Waals surface area contributed by atoms with Gasteiger partial charge in [0.2, 0.25) is 0 Å². The Hall–Kier alpha value is -4.67. The topological polar surface area (TPSA) is 135 Å². The number of nitrogens with one attached hydrogen (secondary N) is 1. The Labute approximate surface area is 218 Å². The molecular formula is C27H30N8O3. The van der Waals surface area contributed by atoms with Gasteiger partial charge in [0, 0.05) is 43.4 Å². The molecule has 4 heterocycles. The van der Waals surface area contributed by atoms with Gasteiger partial charge in [0.05, 0.1) is 36.1 Å². The molecule has 11 nitrogen and oxygen atoms in total. The van der Waals surface area contributed by atoms with Gasteiger partial charge in [0.15, 0.2) is 0 Å². The predicted octanol–water partition coefficient (Wildman–Crippen LogP) is 4.25. The summed E-state index contributed by atoms with van der Waals surface area (Å²) >= 11 is 0. The number of methoxy groups -OCH3 is 1. The lowest BCUT2D eigenvalue weighted by molar-refractivity contribution is 0.182. The largest absolute Gasteiger partial charge is 0.453 e. The Morgan fingerprint density at radius 2 is 1.79 bits per heavy atom. The number of ether oxygens (including phenoxy) is 1. The second-order valence-electron chi connectivity index (χ2n) is 9.36. The maximum atomic E-state index is 12.9. The minimum atomic E-state index is -0.745. The van der Waals surface area contributed by atoms with Crippen LogP contribution in [0.3, 0.4) is 0 Å². The first-order valence-corrected chi connectivity index (χ1v) is 12.4. The van der Waals surface area contributed by atoms with E-state index in [9.17, 15) is 9.59 Å². The van der Waals surface area contributed by atoms with Crippen LogP contribution in [0.15, 0.2) is 59.8 Å². The third kappa shape index (κ3) is 4.95. The van der Waals surface area contributed by atoms with Crippen molar-refractivity contribution in [2.75, 3.05) is 12.4 Å². The van der Waals surface area contributed by atoms with Crippen LogP contribution in [0.4, 0.5) is 16.4 Å². The molecule has 1 saturated carbocycles. The van der Waals surface area contributed by atoms with Crippen molar-refractivity contribution in [3.63, 3.8) is 0 Å². The molecule has 1 aromatic carbocycles. The van der Waals surface area contributed by atoms with Crippen LogP contribution in [0, 0.1) is 0 Å². The van der Waals surface area contributed by atoms with Crippen LogP contribution in [-0.2, 0) is 18.8 Å². The van der Waals surface area contributed by atoms with Crippen LogP contribution in [0.1, 0.15) is 31.7 Å². The Bertz CT molecular complexity index is 1680. The smallest absolute Gasteiger partial charge is 0.404 e. The number of imidazole rings is 1. The highest BCUT2D eigenvalue weighted by Gasteiger charge is 2.23. The number of fused-ring (bicyclic) bond motifs is 2. The standard InChI is InChI=1S/C25H25N7O.C2H5NO2/c1-30-15-18(13-27-30)16-7-9-20-17(11-16)8-10-23(28-20)29-24-12-21-22(14-26-24)31(2)25(33)32(21)19-5-3-4-6-19;1-5-2(3)4/h7-15,19H,3-6H2,1-2H3,(H,26,28,29);1H3,(H2,3,4). The highest BCUT2D eigenvalue weighted by Crippen LogP contribution is 2.32. The number of aryl methyl sites for hydroxylation is 2. The molecule has 0 unspecified atom stereocenters. The first-order valence-electron chi connectivity index (χ1n) is 12.4. The molecule has 0 bridgehead atoms. The number of hydrogen-bond donors (Lipinski definition) is 2. The van der Waals surface area contributed by atoms with Gasteiger partial charge >= 0.3 is 11.8 Å². The van der Waals surface area contributed by atoms with E-state index in [4.69, 9.17) is 4.98 Å². The van der Waals surface area contributed by atoms with Crippen molar-refractivity contribution < 1.29 is 9.53 Å². The monoisotopic (exact) mass is 514 g/mol. The van der Waals surface area contributed by atoms with Crippen LogP contribution in [-0.4, -0.2) is 42.1 Å². The number of pyridine rings is 2. The molecule has 1 aliphatic rings. The van der Waals surface area contributed by atoms with Crippen LogP contribution in [0.5, 0.6) is 0 Å². The maximum Gasteiger partial charge on any atom is 0.404 e. The molecule has 0 atom stereocenters. The Balaban J connectivity index is 0.000000540. The van der Waals surface area contributed by atoms with Crippen LogP contribution in [0.2, 0.25) is 0 Å². The number of aromatic nitrogens is 6. The molecule has 11 heteroatoms. The molecule has 3 N–H and O–H groups in total. The third-order valence-corrected chi connectivity index (χ3v) is 6.85. The summed E-state index contributed by atoms with van der Waals surface area (Å²) < 4.78 is 9.33. The van der Waals surface area contributed by atoms with Gasteiger partial charge in [-0.15, -0.1) is 0 Å². The molecule has 0 spiro atoms. The van der Waals surface area contributed by atoms with Crippen LogP contribution < -0.4 is 16.7 Å². The fraction of sp³-hybridized carbons (Fsp3) is 0.296. The normalized spacial score (nSPS) is 13.4. The number of carbonyl (C=O) groups excluding carboxylic acids is 1. The molecule has 196 valence electrons. The van der Waals surface area contributed by atoms with Crippen molar-refractivity contribution >= 4 is 39.7 Å². The summed E-state index contributed by atoms with van der Waals surface area (Å²) in [6, 6.07) is 12.4. The quantitative estimate of drug-likeness (QED) is 0.366. The molecule has 5 aromatic rings. The molecule has 1 aliphatic carbocycles. The van der Waals surface area contributed by atoms with Gasteiger partial charge in [-0.25, -0.2) is 19.6 Å². The number of benzene rings is 1. The van der Waals surface area contributed by atoms with Crippen molar-refractivity contribution in [3.05, 3.63) is 65.5 Å². The first-order chi connectivity index (χ1) is 18.3. The summed E-state index contributed by atoms with van der Waals surface area (Å²) in [6.07, 6.45) is 9.34. The van der Waals surface area contributed by atoms with E-state index in [-0.39, 0.29) is 11.7 Å². The van der Waals surface area contributed by atoms with Crippen LogP contribution in [0.25, 0.3) is 33.1 Å². The number of nitrogens with two attached hydrogens (primary N) is 1. The van der Waals surface area contributed by atoms with Gasteiger partial charge < -0.3 is 15.8 Å². The van der Waals surface area contributed by atoms with E-state index in [1.54, 1.807) is 15.4 Å².